The maximum Gasteiger partial charge on any atom is 0.320 e. The highest BCUT2D eigenvalue weighted by Gasteiger charge is 2.38. The normalized spacial score (nSPS) is 24.0. The monoisotopic (exact) mass is 278 g/mol. The number of likely N-dealkylation sites (tertiary alicyclic amines) is 1. The number of amides is 1. The van der Waals surface area contributed by atoms with E-state index < -0.39 is 0 Å². The smallest absolute Gasteiger partial charge is 0.320 e. The zero-order valence-electron chi connectivity index (χ0n) is 11.2. The molecule has 3 rings (SSSR count). The fraction of sp³-hybridized carbons (Fsp3) is 0.571. The van der Waals surface area contributed by atoms with Gasteiger partial charge < -0.3 is 19.6 Å². The summed E-state index contributed by atoms with van der Waals surface area (Å²) in [6.45, 7) is 1.77. The maximum absolute atomic E-state index is 12.6. The first-order valence-electron chi connectivity index (χ1n) is 7.00. The van der Waals surface area contributed by atoms with Crippen molar-refractivity contribution in [1.82, 2.24) is 4.90 Å². The lowest BCUT2D eigenvalue weighted by Crippen LogP contribution is -2.52. The number of carbonyl (C=O) groups excluding carboxylic acids is 1. The number of hydrogen-bond acceptors (Lipinski definition) is 4. The van der Waals surface area contributed by atoms with Crippen molar-refractivity contribution in [2.24, 2.45) is 0 Å². The van der Waals surface area contributed by atoms with Crippen molar-refractivity contribution < 1.29 is 19.0 Å². The molecule has 0 unspecified atom stereocenters. The third-order valence-electron chi connectivity index (χ3n) is 3.82. The lowest BCUT2D eigenvalue weighted by molar-refractivity contribution is -0.608. The minimum Gasteiger partial charge on any atom is -0.618 e. The molecule has 0 spiro atoms. The summed E-state index contributed by atoms with van der Waals surface area (Å²) in [7, 11) is 0. The summed E-state index contributed by atoms with van der Waals surface area (Å²) in [6, 6.07) is 4.76. The Morgan fingerprint density at radius 2 is 2.10 bits per heavy atom. The second-order valence-corrected chi connectivity index (χ2v) is 5.08. The van der Waals surface area contributed by atoms with Crippen LogP contribution in [0.3, 0.4) is 0 Å². The van der Waals surface area contributed by atoms with Crippen LogP contribution in [0.2, 0.25) is 0 Å². The number of aromatic nitrogens is 1. The molecule has 1 amide bonds. The van der Waals surface area contributed by atoms with Gasteiger partial charge >= 0.3 is 5.91 Å². The number of hydrogen-bond donors (Lipinski definition) is 0. The molecular weight excluding hydrogens is 260 g/mol. The van der Waals surface area contributed by atoms with Crippen LogP contribution in [0.25, 0.3) is 0 Å². The van der Waals surface area contributed by atoms with Gasteiger partial charge in [0.05, 0.1) is 19.3 Å². The minimum absolute atomic E-state index is 0.0982. The largest absolute Gasteiger partial charge is 0.618 e. The predicted molar refractivity (Wildman–Crippen MR) is 69.8 cm³/mol. The number of carbonyl (C=O) groups is 1. The molecule has 1 aromatic rings. The Bertz CT molecular complexity index is 488. The summed E-state index contributed by atoms with van der Waals surface area (Å²) in [6.07, 6.45) is 3.82. The quantitative estimate of drug-likeness (QED) is 0.589. The van der Waals surface area contributed by atoms with Gasteiger partial charge in [-0.2, -0.15) is 4.73 Å². The van der Waals surface area contributed by atoms with Gasteiger partial charge in [-0.1, -0.05) is 0 Å². The Balaban J connectivity index is 1.82. The van der Waals surface area contributed by atoms with E-state index in [4.69, 9.17) is 9.47 Å². The van der Waals surface area contributed by atoms with E-state index in [1.165, 1.54) is 6.20 Å². The molecule has 2 saturated heterocycles. The molecule has 2 aliphatic rings. The van der Waals surface area contributed by atoms with E-state index in [-0.39, 0.29) is 23.9 Å². The van der Waals surface area contributed by atoms with Gasteiger partial charge in [-0.05, 0) is 25.3 Å². The zero-order valence-corrected chi connectivity index (χ0v) is 11.2. The van der Waals surface area contributed by atoms with Gasteiger partial charge in [0, 0.05) is 18.7 Å². The van der Waals surface area contributed by atoms with E-state index in [2.05, 4.69) is 0 Å². The lowest BCUT2D eigenvalue weighted by Gasteiger charge is -2.37. The van der Waals surface area contributed by atoms with E-state index in [1.807, 2.05) is 0 Å². The van der Waals surface area contributed by atoms with Crippen molar-refractivity contribution in [2.75, 3.05) is 19.8 Å². The van der Waals surface area contributed by atoms with E-state index in [0.717, 1.165) is 19.3 Å². The van der Waals surface area contributed by atoms with E-state index in [9.17, 15) is 10.0 Å². The lowest BCUT2D eigenvalue weighted by atomic mass is 10.0. The van der Waals surface area contributed by atoms with Crippen LogP contribution >= 0.6 is 0 Å². The topological polar surface area (TPSA) is 65.7 Å². The van der Waals surface area contributed by atoms with Crippen molar-refractivity contribution in [3.8, 4) is 0 Å². The van der Waals surface area contributed by atoms with Gasteiger partial charge in [-0.15, -0.1) is 0 Å². The molecule has 6 nitrogen and oxygen atoms in total. The third-order valence-corrected chi connectivity index (χ3v) is 3.82. The molecule has 0 saturated carbocycles. The SMILES string of the molecule is O=C(c1cccc[n+]1[O-])N1CCCC[C@@H]1C1OCCO1. The zero-order chi connectivity index (χ0) is 13.9. The van der Waals surface area contributed by atoms with Crippen molar-refractivity contribution >= 4 is 5.91 Å². The molecule has 0 aromatic carbocycles. The molecular formula is C14H18N2O4. The Morgan fingerprint density at radius 1 is 1.30 bits per heavy atom. The molecule has 1 aromatic heterocycles. The number of ether oxygens (including phenoxy) is 2. The Morgan fingerprint density at radius 3 is 2.85 bits per heavy atom. The number of nitrogens with zero attached hydrogens (tertiary/aromatic N) is 2. The third kappa shape index (κ3) is 2.48. The molecule has 1 atom stereocenters. The van der Waals surface area contributed by atoms with Crippen LogP contribution < -0.4 is 4.73 Å². The first-order chi connectivity index (χ1) is 9.77. The van der Waals surface area contributed by atoms with Gasteiger partial charge in [0.1, 0.15) is 0 Å². The first kappa shape index (κ1) is 13.3. The molecule has 20 heavy (non-hydrogen) atoms. The van der Waals surface area contributed by atoms with Crippen LogP contribution in [0.15, 0.2) is 24.4 Å². The Labute approximate surface area is 117 Å². The first-order valence-corrected chi connectivity index (χ1v) is 7.00. The van der Waals surface area contributed by atoms with Crippen LogP contribution in [-0.4, -0.2) is 42.9 Å². The molecule has 6 heteroatoms. The maximum atomic E-state index is 12.6. The summed E-state index contributed by atoms with van der Waals surface area (Å²) >= 11 is 0. The number of rotatable bonds is 2. The highest BCUT2D eigenvalue weighted by atomic mass is 16.7. The summed E-state index contributed by atoms with van der Waals surface area (Å²) < 4.78 is 11.7. The Kier molecular flexibility index (Phi) is 3.84. The van der Waals surface area contributed by atoms with Crippen LogP contribution in [0.1, 0.15) is 29.8 Å². The van der Waals surface area contributed by atoms with Gasteiger partial charge in [0.25, 0.3) is 5.69 Å². The van der Waals surface area contributed by atoms with Crippen LogP contribution in [0.4, 0.5) is 0 Å². The molecule has 108 valence electrons. The van der Waals surface area contributed by atoms with Crippen molar-refractivity contribution in [3.63, 3.8) is 0 Å². The van der Waals surface area contributed by atoms with Crippen LogP contribution in [0, 0.1) is 5.21 Å². The van der Waals surface area contributed by atoms with Gasteiger partial charge in [-0.25, -0.2) is 0 Å². The summed E-state index contributed by atoms with van der Waals surface area (Å²) in [5.74, 6) is -0.246. The van der Waals surface area contributed by atoms with Crippen molar-refractivity contribution in [3.05, 3.63) is 35.3 Å². The molecule has 3 heterocycles. The second-order valence-electron chi connectivity index (χ2n) is 5.08. The Hall–Kier alpha value is -1.66. The number of pyridine rings is 1. The van der Waals surface area contributed by atoms with Gasteiger partial charge in [-0.3, -0.25) is 4.79 Å². The van der Waals surface area contributed by atoms with E-state index in [1.54, 1.807) is 23.1 Å². The number of piperidine rings is 1. The summed E-state index contributed by atoms with van der Waals surface area (Å²) in [5.41, 5.74) is 0.150. The summed E-state index contributed by atoms with van der Waals surface area (Å²) in [4.78, 5) is 14.3. The molecule has 2 fully saturated rings. The van der Waals surface area contributed by atoms with Crippen molar-refractivity contribution in [2.45, 2.75) is 31.6 Å². The van der Waals surface area contributed by atoms with Gasteiger partial charge in [0.2, 0.25) is 0 Å². The van der Waals surface area contributed by atoms with E-state index >= 15 is 0 Å². The average molecular weight is 278 g/mol. The second kappa shape index (κ2) is 5.76. The average Bonchev–Trinajstić information content (AvgIpc) is 3.01. The molecule has 0 aliphatic carbocycles. The molecule has 0 N–H and O–H groups in total. The fourth-order valence-electron chi connectivity index (χ4n) is 2.83. The van der Waals surface area contributed by atoms with Gasteiger partial charge in [0.15, 0.2) is 12.5 Å². The van der Waals surface area contributed by atoms with Crippen LogP contribution in [-0.2, 0) is 9.47 Å². The fourth-order valence-corrected chi connectivity index (χ4v) is 2.83. The summed E-state index contributed by atoms with van der Waals surface area (Å²) in [5, 5.41) is 11.7. The standard InChI is InChI=1S/C14H18N2O4/c17-13(11-5-2-4-8-16(11)18)15-7-3-1-6-12(15)14-19-9-10-20-14/h2,4-5,8,12,14H,1,3,6-7,9-10H2/t12-/m1/s1. The highest BCUT2D eigenvalue weighted by Crippen LogP contribution is 2.25. The molecule has 0 bridgehead atoms. The van der Waals surface area contributed by atoms with Crippen LogP contribution in [0.5, 0.6) is 0 Å². The minimum atomic E-state index is -0.358. The highest BCUT2D eigenvalue weighted by molar-refractivity contribution is 5.91. The molecule has 0 radical (unpaired) electrons. The predicted octanol–water partition coefficient (Wildman–Crippen LogP) is 0.688. The van der Waals surface area contributed by atoms with E-state index in [0.29, 0.717) is 24.5 Å². The van der Waals surface area contributed by atoms with Crippen molar-refractivity contribution in [1.29, 1.82) is 0 Å². The molecule has 2 aliphatic heterocycles.